The van der Waals surface area contributed by atoms with Crippen LogP contribution in [0.5, 0.6) is 0 Å². The molecular formula is C13H23N3O. The number of furan rings is 1. The first kappa shape index (κ1) is 12.6. The van der Waals surface area contributed by atoms with E-state index >= 15 is 0 Å². The molecule has 1 saturated heterocycles. The highest BCUT2D eigenvalue weighted by Crippen LogP contribution is 2.11. The SMILES string of the molecule is CC(NCCN1CCN(C)CC1)c1ccco1. The Morgan fingerprint density at radius 3 is 2.76 bits per heavy atom. The lowest BCUT2D eigenvalue weighted by molar-refractivity contribution is 0.153. The van der Waals surface area contributed by atoms with Gasteiger partial charge in [0.2, 0.25) is 0 Å². The van der Waals surface area contributed by atoms with Crippen LogP contribution in [0.3, 0.4) is 0 Å². The molecule has 2 heterocycles. The first-order valence-electron chi connectivity index (χ1n) is 6.43. The molecule has 1 aromatic rings. The van der Waals surface area contributed by atoms with Gasteiger partial charge in [-0.25, -0.2) is 0 Å². The molecule has 1 unspecified atom stereocenters. The highest BCUT2D eigenvalue weighted by Gasteiger charge is 2.13. The van der Waals surface area contributed by atoms with Gasteiger partial charge in [-0.05, 0) is 26.1 Å². The lowest BCUT2D eigenvalue weighted by atomic mass is 10.2. The predicted octanol–water partition coefficient (Wildman–Crippen LogP) is 1.18. The predicted molar refractivity (Wildman–Crippen MR) is 69.1 cm³/mol. The van der Waals surface area contributed by atoms with Crippen molar-refractivity contribution in [3.05, 3.63) is 24.2 Å². The van der Waals surface area contributed by atoms with Gasteiger partial charge in [-0.15, -0.1) is 0 Å². The third kappa shape index (κ3) is 3.84. The molecule has 0 aliphatic carbocycles. The summed E-state index contributed by atoms with van der Waals surface area (Å²) in [6.07, 6.45) is 1.73. The Balaban J connectivity index is 1.63. The lowest BCUT2D eigenvalue weighted by Crippen LogP contribution is -2.46. The van der Waals surface area contributed by atoms with Gasteiger partial charge < -0.3 is 14.6 Å². The van der Waals surface area contributed by atoms with Crippen molar-refractivity contribution < 1.29 is 4.42 Å². The van der Waals surface area contributed by atoms with Crippen molar-refractivity contribution in [3.63, 3.8) is 0 Å². The summed E-state index contributed by atoms with van der Waals surface area (Å²) >= 11 is 0. The zero-order valence-corrected chi connectivity index (χ0v) is 10.9. The van der Waals surface area contributed by atoms with Gasteiger partial charge in [0.15, 0.2) is 0 Å². The highest BCUT2D eigenvalue weighted by atomic mass is 16.3. The zero-order chi connectivity index (χ0) is 12.1. The molecule has 0 radical (unpaired) electrons. The van der Waals surface area contributed by atoms with Gasteiger partial charge in [-0.2, -0.15) is 0 Å². The van der Waals surface area contributed by atoms with Crippen LogP contribution < -0.4 is 5.32 Å². The maximum atomic E-state index is 5.37. The molecule has 0 bridgehead atoms. The molecule has 1 atom stereocenters. The van der Waals surface area contributed by atoms with Crippen LogP contribution in [0.25, 0.3) is 0 Å². The molecule has 96 valence electrons. The van der Waals surface area contributed by atoms with Crippen LogP contribution in [0.4, 0.5) is 0 Å². The van der Waals surface area contributed by atoms with E-state index < -0.39 is 0 Å². The number of likely N-dealkylation sites (N-methyl/N-ethyl adjacent to an activating group) is 1. The van der Waals surface area contributed by atoms with Gasteiger partial charge >= 0.3 is 0 Å². The molecule has 1 N–H and O–H groups in total. The summed E-state index contributed by atoms with van der Waals surface area (Å²) in [5.74, 6) is 1.02. The Kier molecular flexibility index (Phi) is 4.59. The normalized spacial score (nSPS) is 20.6. The molecule has 2 rings (SSSR count). The van der Waals surface area contributed by atoms with E-state index in [0.717, 1.165) is 18.8 Å². The molecule has 17 heavy (non-hydrogen) atoms. The second kappa shape index (κ2) is 6.19. The molecule has 4 heteroatoms. The van der Waals surface area contributed by atoms with Crippen LogP contribution in [-0.2, 0) is 0 Å². The van der Waals surface area contributed by atoms with Crippen LogP contribution >= 0.6 is 0 Å². The molecule has 1 aliphatic heterocycles. The third-order valence-corrected chi connectivity index (χ3v) is 3.44. The average molecular weight is 237 g/mol. The molecule has 0 saturated carbocycles. The second-order valence-corrected chi connectivity index (χ2v) is 4.84. The van der Waals surface area contributed by atoms with Gasteiger partial charge in [-0.1, -0.05) is 0 Å². The van der Waals surface area contributed by atoms with Crippen LogP contribution in [0.15, 0.2) is 22.8 Å². The monoisotopic (exact) mass is 237 g/mol. The number of rotatable bonds is 5. The van der Waals surface area contributed by atoms with Crippen molar-refractivity contribution in [1.82, 2.24) is 15.1 Å². The molecule has 1 fully saturated rings. The van der Waals surface area contributed by atoms with E-state index in [4.69, 9.17) is 4.42 Å². The Bertz CT molecular complexity index is 304. The summed E-state index contributed by atoms with van der Waals surface area (Å²) in [7, 11) is 2.19. The Hall–Kier alpha value is -0.840. The number of hydrogen-bond donors (Lipinski definition) is 1. The molecule has 4 nitrogen and oxygen atoms in total. The molecule has 1 aromatic heterocycles. The van der Waals surface area contributed by atoms with E-state index in [1.165, 1.54) is 26.2 Å². The Morgan fingerprint density at radius 2 is 2.12 bits per heavy atom. The summed E-state index contributed by atoms with van der Waals surface area (Å²) < 4.78 is 5.37. The van der Waals surface area contributed by atoms with Crippen LogP contribution in [-0.4, -0.2) is 56.1 Å². The minimum absolute atomic E-state index is 0.303. The van der Waals surface area contributed by atoms with Gasteiger partial charge in [0.05, 0.1) is 12.3 Å². The lowest BCUT2D eigenvalue weighted by Gasteiger charge is -2.32. The summed E-state index contributed by atoms with van der Waals surface area (Å²) in [6, 6.07) is 4.26. The number of hydrogen-bond acceptors (Lipinski definition) is 4. The fourth-order valence-corrected chi connectivity index (χ4v) is 2.15. The molecule has 0 aromatic carbocycles. The van der Waals surface area contributed by atoms with Crippen LogP contribution in [0, 0.1) is 0 Å². The van der Waals surface area contributed by atoms with E-state index in [9.17, 15) is 0 Å². The van der Waals surface area contributed by atoms with Crippen molar-refractivity contribution in [3.8, 4) is 0 Å². The maximum absolute atomic E-state index is 5.37. The second-order valence-electron chi connectivity index (χ2n) is 4.84. The summed E-state index contributed by atoms with van der Waals surface area (Å²) in [4.78, 5) is 4.90. The maximum Gasteiger partial charge on any atom is 0.120 e. The van der Waals surface area contributed by atoms with Crippen molar-refractivity contribution in [2.75, 3.05) is 46.3 Å². The van der Waals surface area contributed by atoms with E-state index in [0.29, 0.717) is 6.04 Å². The number of piperazine rings is 1. The van der Waals surface area contributed by atoms with Crippen molar-refractivity contribution in [2.24, 2.45) is 0 Å². The third-order valence-electron chi connectivity index (χ3n) is 3.44. The average Bonchev–Trinajstić information content (AvgIpc) is 2.85. The number of nitrogens with one attached hydrogen (secondary N) is 1. The van der Waals surface area contributed by atoms with E-state index in [1.807, 2.05) is 12.1 Å². The molecular weight excluding hydrogens is 214 g/mol. The molecule has 1 aliphatic rings. The largest absolute Gasteiger partial charge is 0.468 e. The number of nitrogens with zero attached hydrogens (tertiary/aromatic N) is 2. The summed E-state index contributed by atoms with van der Waals surface area (Å²) in [5.41, 5.74) is 0. The fraction of sp³-hybridized carbons (Fsp3) is 0.692. The van der Waals surface area contributed by atoms with Crippen molar-refractivity contribution >= 4 is 0 Å². The highest BCUT2D eigenvalue weighted by molar-refractivity contribution is 5.02. The van der Waals surface area contributed by atoms with Crippen LogP contribution in [0.2, 0.25) is 0 Å². The summed E-state index contributed by atoms with van der Waals surface area (Å²) in [5, 5.41) is 3.49. The fourth-order valence-electron chi connectivity index (χ4n) is 2.15. The Morgan fingerprint density at radius 1 is 1.35 bits per heavy atom. The van der Waals surface area contributed by atoms with E-state index in [2.05, 4.69) is 29.1 Å². The van der Waals surface area contributed by atoms with E-state index in [-0.39, 0.29) is 0 Å². The van der Waals surface area contributed by atoms with Gasteiger partial charge in [0, 0.05) is 39.3 Å². The zero-order valence-electron chi connectivity index (χ0n) is 10.9. The quantitative estimate of drug-likeness (QED) is 0.833. The van der Waals surface area contributed by atoms with E-state index in [1.54, 1.807) is 6.26 Å². The minimum Gasteiger partial charge on any atom is -0.468 e. The van der Waals surface area contributed by atoms with Crippen molar-refractivity contribution in [2.45, 2.75) is 13.0 Å². The first-order valence-corrected chi connectivity index (χ1v) is 6.43. The molecule has 0 spiro atoms. The standard InChI is InChI=1S/C13H23N3O/c1-12(13-4-3-11-17-13)14-5-6-16-9-7-15(2)8-10-16/h3-4,11-12,14H,5-10H2,1-2H3. The smallest absolute Gasteiger partial charge is 0.120 e. The molecule has 0 amide bonds. The van der Waals surface area contributed by atoms with Gasteiger partial charge in [0.25, 0.3) is 0 Å². The van der Waals surface area contributed by atoms with Crippen LogP contribution in [0.1, 0.15) is 18.7 Å². The van der Waals surface area contributed by atoms with Gasteiger partial charge in [0.1, 0.15) is 5.76 Å². The minimum atomic E-state index is 0.303. The van der Waals surface area contributed by atoms with Gasteiger partial charge in [-0.3, -0.25) is 4.90 Å². The van der Waals surface area contributed by atoms with Crippen molar-refractivity contribution in [1.29, 1.82) is 0 Å². The Labute approximate surface area is 104 Å². The summed E-state index contributed by atoms with van der Waals surface area (Å²) in [6.45, 7) is 9.04. The first-order chi connectivity index (χ1) is 8.25. The topological polar surface area (TPSA) is 31.6 Å².